The van der Waals surface area contributed by atoms with Gasteiger partial charge in [0.05, 0.1) is 11.6 Å². The van der Waals surface area contributed by atoms with E-state index in [1.54, 1.807) is 11.0 Å². The van der Waals surface area contributed by atoms with Crippen LogP contribution in [0.2, 0.25) is 0 Å². The average molecular weight is 546 g/mol. The number of amides is 1. The minimum Gasteiger partial charge on any atom is -0.507 e. The van der Waals surface area contributed by atoms with E-state index in [9.17, 15) is 14.7 Å². The van der Waals surface area contributed by atoms with Crippen molar-refractivity contribution in [3.05, 3.63) is 137 Å². The highest BCUT2D eigenvalue weighted by Crippen LogP contribution is 2.41. The van der Waals surface area contributed by atoms with Crippen molar-refractivity contribution < 1.29 is 24.2 Å². The van der Waals surface area contributed by atoms with E-state index in [4.69, 9.17) is 9.47 Å². The quantitative estimate of drug-likeness (QED) is 0.161. The molecule has 0 radical (unpaired) electrons. The highest BCUT2D eigenvalue weighted by molar-refractivity contribution is 6.46. The van der Waals surface area contributed by atoms with Crippen molar-refractivity contribution in [3.63, 3.8) is 0 Å². The second-order valence-corrected chi connectivity index (χ2v) is 10.5. The smallest absolute Gasteiger partial charge is 0.295 e. The molecule has 2 atom stereocenters. The van der Waals surface area contributed by atoms with Crippen LogP contribution in [0.1, 0.15) is 40.8 Å². The highest BCUT2D eigenvalue weighted by atomic mass is 16.5. The molecule has 1 N–H and O–H groups in total. The van der Waals surface area contributed by atoms with Crippen molar-refractivity contribution in [3.8, 4) is 11.5 Å². The van der Waals surface area contributed by atoms with Crippen LogP contribution in [-0.2, 0) is 29.0 Å². The summed E-state index contributed by atoms with van der Waals surface area (Å²) in [5.41, 5.74) is 4.32. The number of ether oxygens (including phenoxy) is 2. The number of aliphatic hydroxyl groups excluding tert-OH is 1. The van der Waals surface area contributed by atoms with Crippen LogP contribution in [0.4, 0.5) is 0 Å². The van der Waals surface area contributed by atoms with Crippen LogP contribution in [0.3, 0.4) is 0 Å². The van der Waals surface area contributed by atoms with Gasteiger partial charge in [0.2, 0.25) is 0 Å². The molecule has 1 amide bonds. The van der Waals surface area contributed by atoms with E-state index in [1.807, 2.05) is 104 Å². The van der Waals surface area contributed by atoms with E-state index in [-0.39, 0.29) is 17.4 Å². The minimum absolute atomic E-state index is 0.0459. The van der Waals surface area contributed by atoms with Crippen LogP contribution in [0, 0.1) is 0 Å². The number of rotatable bonds is 8. The summed E-state index contributed by atoms with van der Waals surface area (Å²) in [4.78, 5) is 28.6. The standard InChI is InChI=1S/C35H31NO5/c1-23-19-28-20-27(15-16-30(28)41-23)33(37)31-32(36(35(39)34(31)38)18-17-24-9-4-2-5-10-24)26-13-8-14-29(21-26)40-22-25-11-6-3-7-12-25/h2-16,20-21,23,32,37H,17-19,22H2,1H3/b33-31-. The normalized spacial score (nSPS) is 19.2. The van der Waals surface area contributed by atoms with Crippen molar-refractivity contribution >= 4 is 17.4 Å². The van der Waals surface area contributed by atoms with Gasteiger partial charge in [-0.05, 0) is 65.9 Å². The van der Waals surface area contributed by atoms with Gasteiger partial charge >= 0.3 is 0 Å². The van der Waals surface area contributed by atoms with Gasteiger partial charge < -0.3 is 19.5 Å². The lowest BCUT2D eigenvalue weighted by Gasteiger charge is -2.26. The number of carbonyl (C=O) groups excluding carboxylic acids is 2. The lowest BCUT2D eigenvalue weighted by Crippen LogP contribution is -2.31. The Labute approximate surface area is 239 Å². The number of benzene rings is 4. The maximum Gasteiger partial charge on any atom is 0.295 e. The number of aliphatic hydroxyl groups is 1. The third-order valence-corrected chi connectivity index (χ3v) is 7.62. The molecule has 0 bridgehead atoms. The van der Waals surface area contributed by atoms with Crippen LogP contribution < -0.4 is 9.47 Å². The predicted molar refractivity (Wildman–Crippen MR) is 157 cm³/mol. The lowest BCUT2D eigenvalue weighted by molar-refractivity contribution is -0.139. The zero-order valence-corrected chi connectivity index (χ0v) is 22.8. The van der Waals surface area contributed by atoms with Crippen molar-refractivity contribution in [1.29, 1.82) is 0 Å². The van der Waals surface area contributed by atoms with Gasteiger partial charge in [-0.2, -0.15) is 0 Å². The Balaban J connectivity index is 1.38. The monoisotopic (exact) mass is 545 g/mol. The molecule has 206 valence electrons. The first kappa shape index (κ1) is 26.4. The van der Waals surface area contributed by atoms with Gasteiger partial charge in [-0.25, -0.2) is 0 Å². The summed E-state index contributed by atoms with van der Waals surface area (Å²) < 4.78 is 11.9. The van der Waals surface area contributed by atoms with E-state index in [1.165, 1.54) is 0 Å². The number of carbonyl (C=O) groups is 2. The zero-order valence-electron chi connectivity index (χ0n) is 22.8. The summed E-state index contributed by atoms with van der Waals surface area (Å²) in [6.07, 6.45) is 1.33. The maximum absolute atomic E-state index is 13.5. The first-order valence-corrected chi connectivity index (χ1v) is 13.9. The molecule has 4 aromatic carbocycles. The number of hydrogen-bond acceptors (Lipinski definition) is 5. The molecule has 0 spiro atoms. The Morgan fingerprint density at radius 1 is 0.902 bits per heavy atom. The SMILES string of the molecule is CC1Cc2cc(/C(O)=C3/C(=O)C(=O)N(CCc4ccccc4)C3c3cccc(OCc4ccccc4)c3)ccc2O1. The fraction of sp³-hybridized carbons (Fsp3) is 0.200. The molecule has 0 aromatic heterocycles. The molecule has 4 aromatic rings. The number of ketones is 1. The highest BCUT2D eigenvalue weighted by Gasteiger charge is 2.46. The molecule has 6 nitrogen and oxygen atoms in total. The van der Waals surface area contributed by atoms with E-state index in [0.29, 0.717) is 42.9 Å². The minimum atomic E-state index is -0.762. The number of Topliss-reactive ketones (excluding diaryl/α,β-unsaturated/α-hetero) is 1. The number of nitrogens with zero attached hydrogens (tertiary/aromatic N) is 1. The fourth-order valence-electron chi connectivity index (χ4n) is 5.59. The summed E-state index contributed by atoms with van der Waals surface area (Å²) in [5.74, 6) is -0.114. The maximum atomic E-state index is 13.5. The zero-order chi connectivity index (χ0) is 28.3. The van der Waals surface area contributed by atoms with E-state index >= 15 is 0 Å². The van der Waals surface area contributed by atoms with E-state index in [2.05, 4.69) is 0 Å². The molecule has 0 saturated carbocycles. The third-order valence-electron chi connectivity index (χ3n) is 7.62. The van der Waals surface area contributed by atoms with Crippen LogP contribution in [0.25, 0.3) is 5.76 Å². The molecular formula is C35H31NO5. The molecule has 6 heteroatoms. The molecule has 2 aliphatic rings. The molecule has 1 saturated heterocycles. The van der Waals surface area contributed by atoms with Crippen LogP contribution in [0.15, 0.2) is 109 Å². The second-order valence-electron chi connectivity index (χ2n) is 10.5. The summed E-state index contributed by atoms with van der Waals surface area (Å²) in [6.45, 7) is 2.69. The van der Waals surface area contributed by atoms with Gasteiger partial charge in [0.25, 0.3) is 11.7 Å². The molecule has 41 heavy (non-hydrogen) atoms. The number of hydrogen-bond donors (Lipinski definition) is 1. The first-order valence-electron chi connectivity index (χ1n) is 13.9. The summed E-state index contributed by atoms with van der Waals surface area (Å²) in [6, 6.07) is 31.7. The van der Waals surface area contributed by atoms with Crippen LogP contribution >= 0.6 is 0 Å². The van der Waals surface area contributed by atoms with Crippen molar-refractivity contribution in [2.45, 2.75) is 38.5 Å². The van der Waals surface area contributed by atoms with Gasteiger partial charge in [0.15, 0.2) is 0 Å². The topological polar surface area (TPSA) is 76.1 Å². The molecule has 0 aliphatic carbocycles. The average Bonchev–Trinajstić information content (AvgIpc) is 3.50. The number of likely N-dealkylation sites (tertiary alicyclic amines) is 1. The third kappa shape index (κ3) is 5.46. The lowest BCUT2D eigenvalue weighted by atomic mass is 9.94. The Kier molecular flexibility index (Phi) is 7.30. The molecule has 2 heterocycles. The Hall–Kier alpha value is -4.84. The van der Waals surface area contributed by atoms with E-state index in [0.717, 1.165) is 22.4 Å². The summed E-state index contributed by atoms with van der Waals surface area (Å²) in [7, 11) is 0. The van der Waals surface area contributed by atoms with Gasteiger partial charge in [-0.15, -0.1) is 0 Å². The van der Waals surface area contributed by atoms with Crippen molar-refractivity contribution in [1.82, 2.24) is 4.90 Å². The molecule has 1 fully saturated rings. The van der Waals surface area contributed by atoms with Gasteiger partial charge in [0.1, 0.15) is 30.0 Å². The van der Waals surface area contributed by atoms with Gasteiger partial charge in [-0.1, -0.05) is 72.8 Å². The Bertz CT molecular complexity index is 1610. The molecular weight excluding hydrogens is 514 g/mol. The summed E-state index contributed by atoms with van der Waals surface area (Å²) >= 11 is 0. The van der Waals surface area contributed by atoms with Crippen LogP contribution in [0.5, 0.6) is 11.5 Å². The summed E-state index contributed by atoms with van der Waals surface area (Å²) in [5, 5.41) is 11.6. The van der Waals surface area contributed by atoms with Gasteiger partial charge in [-0.3, -0.25) is 9.59 Å². The molecule has 2 unspecified atom stereocenters. The van der Waals surface area contributed by atoms with Crippen molar-refractivity contribution in [2.75, 3.05) is 6.54 Å². The Morgan fingerprint density at radius 3 is 2.39 bits per heavy atom. The van der Waals surface area contributed by atoms with E-state index < -0.39 is 17.7 Å². The molecule has 2 aliphatic heterocycles. The largest absolute Gasteiger partial charge is 0.507 e. The van der Waals surface area contributed by atoms with Crippen molar-refractivity contribution in [2.24, 2.45) is 0 Å². The Morgan fingerprint density at radius 2 is 1.63 bits per heavy atom. The number of fused-ring (bicyclic) bond motifs is 1. The molecule has 6 rings (SSSR count). The fourth-order valence-corrected chi connectivity index (χ4v) is 5.59. The first-order chi connectivity index (χ1) is 20.0. The van der Waals surface area contributed by atoms with Gasteiger partial charge in [0, 0.05) is 18.5 Å². The second kappa shape index (κ2) is 11.3. The van der Waals surface area contributed by atoms with Crippen LogP contribution in [-0.4, -0.2) is 34.3 Å². The predicted octanol–water partition coefficient (Wildman–Crippen LogP) is 6.25.